The number of benzene rings is 1. The van der Waals surface area contributed by atoms with Crippen molar-refractivity contribution in [1.29, 1.82) is 0 Å². The highest BCUT2D eigenvalue weighted by Gasteiger charge is 2.27. The molecule has 1 fully saturated rings. The summed E-state index contributed by atoms with van der Waals surface area (Å²) in [4.78, 5) is 12.9. The van der Waals surface area contributed by atoms with Crippen molar-refractivity contribution in [1.82, 2.24) is 20.3 Å². The van der Waals surface area contributed by atoms with Crippen molar-refractivity contribution in [3.8, 4) is 11.3 Å². The molecule has 0 amide bonds. The van der Waals surface area contributed by atoms with Gasteiger partial charge in [-0.05, 0) is 69.7 Å². The van der Waals surface area contributed by atoms with Crippen LogP contribution in [0.25, 0.3) is 22.2 Å². The van der Waals surface area contributed by atoms with Crippen LogP contribution >= 0.6 is 7.14 Å². The minimum Gasteiger partial charge on any atom is -0.357 e. The topological polar surface area (TPSA) is 82.7 Å². The molecule has 5 rings (SSSR count). The average Bonchev–Trinajstić information content (AvgIpc) is 2.96. The van der Waals surface area contributed by atoms with E-state index >= 15 is 0 Å². The van der Waals surface area contributed by atoms with Crippen LogP contribution in [-0.4, -0.2) is 47.4 Å². The van der Waals surface area contributed by atoms with E-state index in [9.17, 15) is 8.96 Å². The van der Waals surface area contributed by atoms with Crippen molar-refractivity contribution in [2.24, 2.45) is 0 Å². The summed E-state index contributed by atoms with van der Waals surface area (Å²) in [6.45, 7) is 5.20. The molecule has 158 valence electrons. The number of halogens is 1. The zero-order valence-corrected chi connectivity index (χ0v) is 18.3. The lowest BCUT2D eigenvalue weighted by Gasteiger charge is -2.24. The van der Waals surface area contributed by atoms with Crippen LogP contribution in [-0.2, 0) is 17.4 Å². The molecule has 1 aliphatic carbocycles. The predicted molar refractivity (Wildman–Crippen MR) is 120 cm³/mol. The van der Waals surface area contributed by atoms with Gasteiger partial charge in [0, 0.05) is 35.4 Å². The summed E-state index contributed by atoms with van der Waals surface area (Å²) in [5, 5.41) is 8.06. The van der Waals surface area contributed by atoms with Gasteiger partial charge in [0.05, 0.1) is 16.5 Å². The number of anilines is 1. The molecule has 1 saturated heterocycles. The van der Waals surface area contributed by atoms with Crippen molar-refractivity contribution in [3.63, 3.8) is 0 Å². The summed E-state index contributed by atoms with van der Waals surface area (Å²) >= 11 is 0. The van der Waals surface area contributed by atoms with Crippen LogP contribution in [0.2, 0.25) is 0 Å². The van der Waals surface area contributed by atoms with Crippen LogP contribution in [0.5, 0.6) is 0 Å². The first-order chi connectivity index (χ1) is 14.4. The third-order valence-electron chi connectivity index (χ3n) is 6.12. The van der Waals surface area contributed by atoms with Crippen molar-refractivity contribution in [2.75, 3.05) is 31.7 Å². The second kappa shape index (κ2) is 7.47. The van der Waals surface area contributed by atoms with Gasteiger partial charge in [-0.25, -0.2) is 14.4 Å². The van der Waals surface area contributed by atoms with Crippen LogP contribution in [0.3, 0.4) is 0 Å². The Balaban J connectivity index is 1.66. The molecule has 0 bridgehead atoms. The predicted octanol–water partition coefficient (Wildman–Crippen LogP) is 3.66. The maximum atomic E-state index is 14.6. The first kappa shape index (κ1) is 19.7. The van der Waals surface area contributed by atoms with Crippen LogP contribution < -0.4 is 15.9 Å². The number of nitrogens with zero attached hydrogens (tertiary/aromatic N) is 2. The van der Waals surface area contributed by atoms with E-state index in [4.69, 9.17) is 4.98 Å². The summed E-state index contributed by atoms with van der Waals surface area (Å²) in [6.07, 6.45) is 6.86. The number of fused-ring (bicyclic) bond motifs is 5. The molecule has 3 aromatic rings. The number of rotatable bonds is 3. The van der Waals surface area contributed by atoms with E-state index < -0.39 is 13.0 Å². The van der Waals surface area contributed by atoms with Crippen molar-refractivity contribution in [3.05, 3.63) is 35.4 Å². The normalized spacial score (nSPS) is 19.2. The maximum absolute atomic E-state index is 14.6. The zero-order chi connectivity index (χ0) is 20.9. The van der Waals surface area contributed by atoms with Crippen molar-refractivity contribution < 1.29 is 8.96 Å². The lowest BCUT2D eigenvalue weighted by atomic mass is 10.0. The van der Waals surface area contributed by atoms with Gasteiger partial charge >= 0.3 is 0 Å². The summed E-state index contributed by atoms with van der Waals surface area (Å²) in [5.41, 5.74) is 4.68. The standard InChI is InChI=1S/C22H27FN5OP/c1-30(2,29)21-16(23)9-8-15-18-17(27-20(15)21)7-3-5-13-11-25-22(28-19(13)18)26-14-6-4-10-24-12-14/h8-9,11,14,24,27H,3-7,10,12H2,1-2H3,(H,25,26,28)/t14-/m0/s1. The minimum absolute atomic E-state index is 0.301. The third kappa shape index (κ3) is 3.44. The first-order valence-corrected chi connectivity index (χ1v) is 13.2. The molecule has 0 unspecified atom stereocenters. The molecule has 1 aliphatic heterocycles. The van der Waals surface area contributed by atoms with E-state index in [1.165, 1.54) is 6.07 Å². The highest BCUT2D eigenvalue weighted by molar-refractivity contribution is 7.70. The van der Waals surface area contributed by atoms with E-state index in [2.05, 4.69) is 20.6 Å². The number of hydrogen-bond donors (Lipinski definition) is 3. The summed E-state index contributed by atoms with van der Waals surface area (Å²) in [6, 6.07) is 3.54. The molecule has 30 heavy (non-hydrogen) atoms. The first-order valence-electron chi connectivity index (χ1n) is 10.6. The number of H-pyrrole nitrogens is 1. The van der Waals surface area contributed by atoms with Gasteiger partial charge < -0.3 is 20.2 Å². The lowest BCUT2D eigenvalue weighted by molar-refractivity contribution is 0.478. The Morgan fingerprint density at radius 1 is 1.23 bits per heavy atom. The van der Waals surface area contributed by atoms with Gasteiger partial charge in [-0.15, -0.1) is 0 Å². The Morgan fingerprint density at radius 2 is 2.10 bits per heavy atom. The fraction of sp³-hybridized carbons (Fsp3) is 0.455. The van der Waals surface area contributed by atoms with E-state index in [0.29, 0.717) is 22.8 Å². The van der Waals surface area contributed by atoms with Crippen LogP contribution in [0.4, 0.5) is 10.3 Å². The third-order valence-corrected chi connectivity index (χ3v) is 7.63. The smallest absolute Gasteiger partial charge is 0.223 e. The summed E-state index contributed by atoms with van der Waals surface area (Å²) in [5.74, 6) is 0.214. The Hall–Kier alpha value is -2.24. The Labute approximate surface area is 175 Å². The van der Waals surface area contributed by atoms with Gasteiger partial charge in [0.2, 0.25) is 5.95 Å². The Kier molecular flexibility index (Phi) is 4.91. The zero-order valence-electron chi connectivity index (χ0n) is 17.4. The van der Waals surface area contributed by atoms with Gasteiger partial charge in [0.15, 0.2) is 0 Å². The van der Waals surface area contributed by atoms with Crippen LogP contribution in [0.1, 0.15) is 30.5 Å². The molecule has 0 radical (unpaired) electrons. The molecule has 2 aliphatic rings. The fourth-order valence-electron chi connectivity index (χ4n) is 4.75. The molecule has 3 N–H and O–H groups in total. The summed E-state index contributed by atoms with van der Waals surface area (Å²) < 4.78 is 27.5. The van der Waals surface area contributed by atoms with Crippen molar-refractivity contribution in [2.45, 2.75) is 38.1 Å². The van der Waals surface area contributed by atoms with Gasteiger partial charge in [0.25, 0.3) is 0 Å². The molecular weight excluding hydrogens is 400 g/mol. The van der Waals surface area contributed by atoms with E-state index in [1.807, 2.05) is 6.20 Å². The van der Waals surface area contributed by atoms with E-state index in [-0.39, 0.29) is 0 Å². The number of aromatic amines is 1. The molecule has 1 atom stereocenters. The number of nitrogens with one attached hydrogen (secondary N) is 3. The molecule has 6 nitrogen and oxygen atoms in total. The van der Waals surface area contributed by atoms with Gasteiger partial charge in [-0.2, -0.15) is 0 Å². The van der Waals surface area contributed by atoms with Crippen LogP contribution in [0, 0.1) is 5.82 Å². The lowest BCUT2D eigenvalue weighted by Crippen LogP contribution is -2.38. The number of aromatic nitrogens is 3. The second-order valence-corrected chi connectivity index (χ2v) is 11.9. The molecule has 0 saturated carbocycles. The van der Waals surface area contributed by atoms with E-state index in [1.54, 1.807) is 19.4 Å². The monoisotopic (exact) mass is 427 g/mol. The largest absolute Gasteiger partial charge is 0.357 e. The fourth-order valence-corrected chi connectivity index (χ4v) is 6.05. The maximum Gasteiger partial charge on any atom is 0.223 e. The van der Waals surface area contributed by atoms with Gasteiger partial charge in [0.1, 0.15) is 13.0 Å². The minimum atomic E-state index is -2.80. The molecule has 3 heterocycles. The van der Waals surface area contributed by atoms with Crippen LogP contribution in [0.15, 0.2) is 18.3 Å². The summed E-state index contributed by atoms with van der Waals surface area (Å²) in [7, 11) is -2.80. The molecule has 0 spiro atoms. The average molecular weight is 427 g/mol. The van der Waals surface area contributed by atoms with Gasteiger partial charge in [-0.1, -0.05) is 0 Å². The van der Waals surface area contributed by atoms with Gasteiger partial charge in [-0.3, -0.25) is 0 Å². The molecule has 1 aromatic carbocycles. The Morgan fingerprint density at radius 3 is 2.87 bits per heavy atom. The van der Waals surface area contributed by atoms with Crippen molar-refractivity contribution >= 4 is 29.3 Å². The highest BCUT2D eigenvalue weighted by atomic mass is 31.2. The molecular formula is C22H27FN5OP. The highest BCUT2D eigenvalue weighted by Crippen LogP contribution is 2.43. The number of piperidine rings is 1. The SMILES string of the molecule is CP(C)(=O)c1c(F)ccc2c3c([nH]c12)CCCc1cnc(N[C@H]2CCCNC2)nc1-3. The quantitative estimate of drug-likeness (QED) is 0.556. The number of hydrogen-bond acceptors (Lipinski definition) is 5. The second-order valence-electron chi connectivity index (χ2n) is 8.76. The van der Waals surface area contributed by atoms with E-state index in [0.717, 1.165) is 73.1 Å². The molecule has 8 heteroatoms. The Bertz CT molecular complexity index is 1160. The number of aryl methyl sites for hydroxylation is 2. The molecule has 2 aromatic heterocycles.